The van der Waals surface area contributed by atoms with Gasteiger partial charge in [0, 0.05) is 32.3 Å². The highest BCUT2D eigenvalue weighted by Gasteiger charge is 2.31. The number of hydrogen-bond donors (Lipinski definition) is 2. The molecule has 0 amide bonds. The number of nitrogens with one attached hydrogen (secondary N) is 1. The van der Waals surface area contributed by atoms with E-state index in [9.17, 15) is 0 Å². The van der Waals surface area contributed by atoms with Crippen molar-refractivity contribution >= 4 is 5.96 Å². The van der Waals surface area contributed by atoms with Crippen molar-refractivity contribution in [3.63, 3.8) is 0 Å². The Bertz CT molecular complexity index is 251. The predicted molar refractivity (Wildman–Crippen MR) is 75.3 cm³/mol. The molecule has 3 N–H and O–H groups in total. The maximum absolute atomic E-state index is 5.60. The number of hydrazine groups is 1. The van der Waals surface area contributed by atoms with Crippen molar-refractivity contribution in [2.24, 2.45) is 16.8 Å². The highest BCUT2D eigenvalue weighted by molar-refractivity contribution is 5.80. The van der Waals surface area contributed by atoms with E-state index in [1.165, 1.54) is 12.8 Å². The van der Waals surface area contributed by atoms with E-state index in [1.54, 1.807) is 0 Å². The molecule has 0 aliphatic heterocycles. The standard InChI is InChI=1S/C13H28N4O/c1-4-18-9-5-8-15-13(16-14)17(10-11(2)3)12-6-7-12/h11-12H,4-10,14H2,1-3H3,(H,15,16). The van der Waals surface area contributed by atoms with Gasteiger partial charge in [-0.1, -0.05) is 13.8 Å². The summed E-state index contributed by atoms with van der Waals surface area (Å²) in [6.45, 7) is 9.77. The third kappa shape index (κ3) is 5.69. The molecule has 5 heteroatoms. The Hall–Kier alpha value is -0.810. The van der Waals surface area contributed by atoms with Crippen LogP contribution in [0.4, 0.5) is 0 Å². The second kappa shape index (κ2) is 8.32. The van der Waals surface area contributed by atoms with Crippen molar-refractivity contribution in [1.29, 1.82) is 0 Å². The van der Waals surface area contributed by atoms with Crippen molar-refractivity contribution in [2.75, 3.05) is 26.3 Å². The normalized spacial score (nSPS) is 16.2. The highest BCUT2D eigenvalue weighted by atomic mass is 16.5. The summed E-state index contributed by atoms with van der Waals surface area (Å²) < 4.78 is 5.30. The van der Waals surface area contributed by atoms with E-state index >= 15 is 0 Å². The quantitative estimate of drug-likeness (QED) is 0.226. The summed E-state index contributed by atoms with van der Waals surface area (Å²) >= 11 is 0. The maximum Gasteiger partial charge on any atom is 0.208 e. The van der Waals surface area contributed by atoms with Gasteiger partial charge in [-0.25, -0.2) is 5.84 Å². The van der Waals surface area contributed by atoms with E-state index in [0.717, 1.165) is 38.7 Å². The minimum Gasteiger partial charge on any atom is -0.382 e. The van der Waals surface area contributed by atoms with Crippen LogP contribution in [0, 0.1) is 5.92 Å². The van der Waals surface area contributed by atoms with E-state index in [2.05, 4.69) is 29.2 Å². The average molecular weight is 256 g/mol. The minimum absolute atomic E-state index is 0.618. The van der Waals surface area contributed by atoms with Crippen molar-refractivity contribution in [1.82, 2.24) is 10.3 Å². The second-order valence-corrected chi connectivity index (χ2v) is 5.18. The fourth-order valence-corrected chi connectivity index (χ4v) is 1.90. The van der Waals surface area contributed by atoms with Gasteiger partial charge in [-0.05, 0) is 32.1 Å². The van der Waals surface area contributed by atoms with Crippen LogP contribution in [0.3, 0.4) is 0 Å². The Kier molecular flexibility index (Phi) is 7.05. The van der Waals surface area contributed by atoms with Gasteiger partial charge in [-0.15, -0.1) is 0 Å². The summed E-state index contributed by atoms with van der Waals surface area (Å²) in [6, 6.07) is 0.633. The van der Waals surface area contributed by atoms with Crippen LogP contribution >= 0.6 is 0 Å². The summed E-state index contributed by atoms with van der Waals surface area (Å²) in [5, 5.41) is 0. The fourth-order valence-electron chi connectivity index (χ4n) is 1.90. The van der Waals surface area contributed by atoms with Crippen LogP contribution < -0.4 is 11.3 Å². The third-order valence-electron chi connectivity index (χ3n) is 2.86. The Morgan fingerprint density at radius 3 is 2.72 bits per heavy atom. The fraction of sp³-hybridized carbons (Fsp3) is 0.923. The molecule has 0 radical (unpaired) electrons. The van der Waals surface area contributed by atoms with Crippen molar-refractivity contribution < 1.29 is 4.74 Å². The summed E-state index contributed by atoms with van der Waals surface area (Å²) in [7, 11) is 0. The molecule has 1 rings (SSSR count). The maximum atomic E-state index is 5.60. The molecule has 0 saturated heterocycles. The number of aliphatic imine (C=N–C) groups is 1. The molecule has 1 fully saturated rings. The molecule has 5 nitrogen and oxygen atoms in total. The molecule has 1 saturated carbocycles. The van der Waals surface area contributed by atoms with E-state index in [-0.39, 0.29) is 0 Å². The molecule has 106 valence electrons. The predicted octanol–water partition coefficient (Wildman–Crippen LogP) is 1.35. The Labute approximate surface area is 111 Å². The Balaban J connectivity index is 2.42. The summed E-state index contributed by atoms with van der Waals surface area (Å²) in [6.07, 6.45) is 3.46. The summed E-state index contributed by atoms with van der Waals surface area (Å²) in [5.41, 5.74) is 2.75. The lowest BCUT2D eigenvalue weighted by Crippen LogP contribution is -2.47. The Morgan fingerprint density at radius 2 is 2.22 bits per heavy atom. The lowest BCUT2D eigenvalue weighted by atomic mass is 10.2. The zero-order valence-corrected chi connectivity index (χ0v) is 12.0. The molecule has 0 aromatic heterocycles. The first-order valence-electron chi connectivity index (χ1n) is 7.04. The van der Waals surface area contributed by atoms with E-state index in [0.29, 0.717) is 12.0 Å². The van der Waals surface area contributed by atoms with Gasteiger partial charge in [0.25, 0.3) is 0 Å². The molecular weight excluding hydrogens is 228 g/mol. The average Bonchev–Trinajstić information content (AvgIpc) is 3.15. The Morgan fingerprint density at radius 1 is 1.50 bits per heavy atom. The lowest BCUT2D eigenvalue weighted by Gasteiger charge is -2.27. The molecule has 18 heavy (non-hydrogen) atoms. The first-order valence-corrected chi connectivity index (χ1v) is 7.04. The molecule has 0 spiro atoms. The second-order valence-electron chi connectivity index (χ2n) is 5.18. The van der Waals surface area contributed by atoms with Crippen LogP contribution in [0.15, 0.2) is 4.99 Å². The number of rotatable bonds is 8. The summed E-state index contributed by atoms with van der Waals surface area (Å²) in [4.78, 5) is 6.87. The molecule has 0 aromatic carbocycles. The lowest BCUT2D eigenvalue weighted by molar-refractivity contribution is 0.146. The van der Waals surface area contributed by atoms with Gasteiger partial charge in [-0.2, -0.15) is 0 Å². The molecule has 1 aliphatic rings. The van der Waals surface area contributed by atoms with E-state index in [4.69, 9.17) is 10.6 Å². The van der Waals surface area contributed by atoms with Crippen LogP contribution in [0.25, 0.3) is 0 Å². The number of ether oxygens (including phenoxy) is 1. The van der Waals surface area contributed by atoms with Gasteiger partial charge in [0.2, 0.25) is 5.96 Å². The van der Waals surface area contributed by atoms with Crippen LogP contribution in [-0.2, 0) is 4.74 Å². The first kappa shape index (κ1) is 15.2. The third-order valence-corrected chi connectivity index (χ3v) is 2.86. The van der Waals surface area contributed by atoms with Crippen LogP contribution in [0.5, 0.6) is 0 Å². The molecule has 0 unspecified atom stereocenters. The van der Waals surface area contributed by atoms with Gasteiger partial charge in [0.15, 0.2) is 0 Å². The molecule has 1 aliphatic carbocycles. The van der Waals surface area contributed by atoms with E-state index in [1.807, 2.05) is 6.92 Å². The highest BCUT2D eigenvalue weighted by Crippen LogP contribution is 2.27. The molecule has 0 atom stereocenters. The van der Waals surface area contributed by atoms with Crippen LogP contribution in [0.2, 0.25) is 0 Å². The number of nitrogens with two attached hydrogens (primary N) is 1. The largest absolute Gasteiger partial charge is 0.382 e. The van der Waals surface area contributed by atoms with Crippen LogP contribution in [0.1, 0.15) is 40.0 Å². The molecule has 0 bridgehead atoms. The zero-order valence-electron chi connectivity index (χ0n) is 12.0. The van der Waals surface area contributed by atoms with E-state index < -0.39 is 0 Å². The number of hydrogen-bond acceptors (Lipinski definition) is 3. The van der Waals surface area contributed by atoms with Gasteiger partial charge >= 0.3 is 0 Å². The van der Waals surface area contributed by atoms with Gasteiger partial charge in [0.1, 0.15) is 0 Å². The van der Waals surface area contributed by atoms with Gasteiger partial charge in [-0.3, -0.25) is 10.4 Å². The number of nitrogens with zero attached hydrogens (tertiary/aromatic N) is 2. The molecule has 0 heterocycles. The topological polar surface area (TPSA) is 62.9 Å². The minimum atomic E-state index is 0.618. The molecular formula is C13H28N4O. The molecule has 0 aromatic rings. The smallest absolute Gasteiger partial charge is 0.208 e. The SMILES string of the molecule is CCOCCCN=C(NN)N(CC(C)C)C1CC1. The van der Waals surface area contributed by atoms with Gasteiger partial charge < -0.3 is 9.64 Å². The summed E-state index contributed by atoms with van der Waals surface area (Å²) in [5.74, 6) is 7.06. The zero-order chi connectivity index (χ0) is 13.4. The first-order chi connectivity index (χ1) is 8.69. The van der Waals surface area contributed by atoms with Gasteiger partial charge in [0.05, 0.1) is 0 Å². The van der Waals surface area contributed by atoms with Crippen molar-refractivity contribution in [3.05, 3.63) is 0 Å². The monoisotopic (exact) mass is 256 g/mol. The van der Waals surface area contributed by atoms with Crippen molar-refractivity contribution in [2.45, 2.75) is 46.1 Å². The number of guanidine groups is 1. The van der Waals surface area contributed by atoms with Crippen LogP contribution in [-0.4, -0.2) is 43.2 Å². The van der Waals surface area contributed by atoms with Crippen molar-refractivity contribution in [3.8, 4) is 0 Å².